The van der Waals surface area contributed by atoms with Gasteiger partial charge in [-0.1, -0.05) is 43.3 Å². The molecule has 8 nitrogen and oxygen atoms in total. The van der Waals surface area contributed by atoms with E-state index in [0.717, 1.165) is 25.1 Å². The molecule has 2 aromatic rings. The molecule has 0 saturated carbocycles. The van der Waals surface area contributed by atoms with Gasteiger partial charge in [-0.15, -0.1) is 0 Å². The SMILES string of the molecule is CCc1ccc(CNC(=O)c2ccccc2NC(=O)C(=O)NCCN2CCOCC2)cc1. The lowest BCUT2D eigenvalue weighted by molar-refractivity contribution is -0.136. The van der Waals surface area contributed by atoms with Crippen LogP contribution in [-0.4, -0.2) is 62.0 Å². The predicted octanol–water partition coefficient (Wildman–Crippen LogP) is 1.57. The number of benzene rings is 2. The van der Waals surface area contributed by atoms with Crippen LogP contribution in [0.25, 0.3) is 0 Å². The molecule has 0 aromatic heterocycles. The summed E-state index contributed by atoms with van der Waals surface area (Å²) in [6, 6.07) is 14.7. The molecule has 0 atom stereocenters. The number of amides is 3. The fourth-order valence-corrected chi connectivity index (χ4v) is 3.37. The minimum atomic E-state index is -0.803. The van der Waals surface area contributed by atoms with E-state index in [2.05, 4.69) is 27.8 Å². The molecule has 170 valence electrons. The van der Waals surface area contributed by atoms with E-state index < -0.39 is 11.8 Å². The normalized spacial score (nSPS) is 13.9. The zero-order valence-electron chi connectivity index (χ0n) is 18.4. The first-order chi connectivity index (χ1) is 15.6. The number of para-hydroxylation sites is 1. The number of hydrogen-bond donors (Lipinski definition) is 3. The van der Waals surface area contributed by atoms with E-state index in [0.29, 0.717) is 44.1 Å². The molecule has 32 heavy (non-hydrogen) atoms. The third-order valence-electron chi connectivity index (χ3n) is 5.33. The number of rotatable bonds is 8. The van der Waals surface area contributed by atoms with Crippen LogP contribution in [0.3, 0.4) is 0 Å². The van der Waals surface area contributed by atoms with Gasteiger partial charge in [0.25, 0.3) is 5.91 Å². The average Bonchev–Trinajstić information content (AvgIpc) is 2.83. The Labute approximate surface area is 188 Å². The molecule has 1 aliphatic heterocycles. The Morgan fingerprint density at radius 1 is 0.906 bits per heavy atom. The van der Waals surface area contributed by atoms with E-state index in [1.165, 1.54) is 5.56 Å². The van der Waals surface area contributed by atoms with Crippen molar-refractivity contribution in [1.82, 2.24) is 15.5 Å². The number of hydrogen-bond acceptors (Lipinski definition) is 5. The molecule has 1 aliphatic rings. The second-order valence-electron chi connectivity index (χ2n) is 7.56. The van der Waals surface area contributed by atoms with Crippen LogP contribution < -0.4 is 16.0 Å². The Hall–Kier alpha value is -3.23. The van der Waals surface area contributed by atoms with Gasteiger partial charge in [0.05, 0.1) is 24.5 Å². The summed E-state index contributed by atoms with van der Waals surface area (Å²) in [7, 11) is 0. The van der Waals surface area contributed by atoms with Gasteiger partial charge in [-0.3, -0.25) is 19.3 Å². The Balaban J connectivity index is 1.51. The monoisotopic (exact) mass is 438 g/mol. The number of ether oxygens (including phenoxy) is 1. The molecular weight excluding hydrogens is 408 g/mol. The molecule has 3 N–H and O–H groups in total. The van der Waals surface area contributed by atoms with E-state index in [1.807, 2.05) is 24.3 Å². The molecule has 0 radical (unpaired) electrons. The Morgan fingerprint density at radius 2 is 1.59 bits per heavy atom. The van der Waals surface area contributed by atoms with Crippen molar-refractivity contribution in [3.05, 3.63) is 65.2 Å². The molecule has 1 fully saturated rings. The first-order valence-electron chi connectivity index (χ1n) is 10.9. The summed E-state index contributed by atoms with van der Waals surface area (Å²) >= 11 is 0. The summed E-state index contributed by atoms with van der Waals surface area (Å²) in [5, 5.41) is 8.03. The summed E-state index contributed by atoms with van der Waals surface area (Å²) in [5.41, 5.74) is 2.81. The number of nitrogens with zero attached hydrogens (tertiary/aromatic N) is 1. The van der Waals surface area contributed by atoms with Gasteiger partial charge in [-0.25, -0.2) is 0 Å². The van der Waals surface area contributed by atoms with Crippen molar-refractivity contribution in [2.45, 2.75) is 19.9 Å². The number of anilines is 1. The van der Waals surface area contributed by atoms with Gasteiger partial charge in [0, 0.05) is 32.7 Å². The highest BCUT2D eigenvalue weighted by atomic mass is 16.5. The molecule has 8 heteroatoms. The third kappa shape index (κ3) is 6.90. The molecule has 0 aliphatic carbocycles. The first kappa shape index (κ1) is 23.4. The molecule has 3 amide bonds. The van der Waals surface area contributed by atoms with Gasteiger partial charge >= 0.3 is 11.8 Å². The smallest absolute Gasteiger partial charge is 0.313 e. The maximum absolute atomic E-state index is 12.7. The quantitative estimate of drug-likeness (QED) is 0.544. The van der Waals surface area contributed by atoms with Crippen molar-refractivity contribution >= 4 is 23.4 Å². The highest BCUT2D eigenvalue weighted by Crippen LogP contribution is 2.15. The minimum absolute atomic E-state index is 0.291. The molecular formula is C24H30N4O4. The van der Waals surface area contributed by atoms with Crippen LogP contribution >= 0.6 is 0 Å². The molecule has 3 rings (SSSR count). The Morgan fingerprint density at radius 3 is 2.31 bits per heavy atom. The standard InChI is InChI=1S/C24H30N4O4/c1-2-18-7-9-19(10-8-18)17-26-22(29)20-5-3-4-6-21(20)27-24(31)23(30)25-11-12-28-13-15-32-16-14-28/h3-10H,2,11-17H2,1H3,(H,25,30)(H,26,29)(H,27,31). The third-order valence-corrected chi connectivity index (χ3v) is 5.33. The van der Waals surface area contributed by atoms with E-state index in [4.69, 9.17) is 4.74 Å². The lowest BCUT2D eigenvalue weighted by Crippen LogP contribution is -2.43. The lowest BCUT2D eigenvalue weighted by atomic mass is 10.1. The largest absolute Gasteiger partial charge is 0.379 e. The zero-order chi connectivity index (χ0) is 22.8. The van der Waals surface area contributed by atoms with Crippen molar-refractivity contribution < 1.29 is 19.1 Å². The highest BCUT2D eigenvalue weighted by Gasteiger charge is 2.18. The van der Waals surface area contributed by atoms with E-state index in [1.54, 1.807) is 24.3 Å². The van der Waals surface area contributed by atoms with Crippen LogP contribution in [0.5, 0.6) is 0 Å². The van der Waals surface area contributed by atoms with Crippen LogP contribution in [0.2, 0.25) is 0 Å². The predicted molar refractivity (Wildman–Crippen MR) is 122 cm³/mol. The molecule has 1 saturated heterocycles. The van der Waals surface area contributed by atoms with Crippen molar-refractivity contribution in [1.29, 1.82) is 0 Å². The van der Waals surface area contributed by atoms with Crippen LogP contribution in [0.15, 0.2) is 48.5 Å². The first-order valence-corrected chi connectivity index (χ1v) is 10.9. The summed E-state index contributed by atoms with van der Waals surface area (Å²) in [4.78, 5) is 39.3. The van der Waals surface area contributed by atoms with Gasteiger partial charge in [0.1, 0.15) is 0 Å². The van der Waals surface area contributed by atoms with E-state index in [9.17, 15) is 14.4 Å². The van der Waals surface area contributed by atoms with Crippen molar-refractivity contribution in [2.75, 3.05) is 44.7 Å². The van der Waals surface area contributed by atoms with Gasteiger partial charge < -0.3 is 20.7 Å². The number of morpholine rings is 1. The summed E-state index contributed by atoms with van der Waals surface area (Å²) < 4.78 is 5.29. The molecule has 1 heterocycles. The van der Waals surface area contributed by atoms with Gasteiger partial charge in [-0.2, -0.15) is 0 Å². The van der Waals surface area contributed by atoms with Gasteiger partial charge in [0.15, 0.2) is 0 Å². The van der Waals surface area contributed by atoms with Gasteiger partial charge in [0.2, 0.25) is 0 Å². The van der Waals surface area contributed by atoms with E-state index >= 15 is 0 Å². The molecule has 0 unspecified atom stereocenters. The summed E-state index contributed by atoms with van der Waals surface area (Å²) in [5.74, 6) is -1.86. The zero-order valence-corrected chi connectivity index (χ0v) is 18.4. The molecule has 0 spiro atoms. The van der Waals surface area contributed by atoms with Crippen LogP contribution in [0.1, 0.15) is 28.4 Å². The number of aryl methyl sites for hydroxylation is 1. The maximum atomic E-state index is 12.7. The lowest BCUT2D eigenvalue weighted by Gasteiger charge is -2.26. The maximum Gasteiger partial charge on any atom is 0.313 e. The number of nitrogens with one attached hydrogen (secondary N) is 3. The fourth-order valence-electron chi connectivity index (χ4n) is 3.37. The topological polar surface area (TPSA) is 99.8 Å². The van der Waals surface area contributed by atoms with Gasteiger partial charge in [-0.05, 0) is 29.7 Å². The van der Waals surface area contributed by atoms with Crippen LogP contribution in [0.4, 0.5) is 5.69 Å². The van der Waals surface area contributed by atoms with E-state index in [-0.39, 0.29) is 5.91 Å². The second kappa shape index (κ2) is 12.0. The molecule has 2 aromatic carbocycles. The second-order valence-corrected chi connectivity index (χ2v) is 7.56. The van der Waals surface area contributed by atoms with Crippen LogP contribution in [0, 0.1) is 0 Å². The van der Waals surface area contributed by atoms with Crippen molar-refractivity contribution in [3.63, 3.8) is 0 Å². The average molecular weight is 439 g/mol. The minimum Gasteiger partial charge on any atom is -0.379 e. The summed E-state index contributed by atoms with van der Waals surface area (Å²) in [6.45, 7) is 6.46. The number of carbonyl (C=O) groups excluding carboxylic acids is 3. The fraction of sp³-hybridized carbons (Fsp3) is 0.375. The Bertz CT molecular complexity index is 924. The highest BCUT2D eigenvalue weighted by molar-refractivity contribution is 6.40. The van der Waals surface area contributed by atoms with Crippen molar-refractivity contribution in [2.24, 2.45) is 0 Å². The number of carbonyl (C=O) groups is 3. The molecule has 0 bridgehead atoms. The Kier molecular flexibility index (Phi) is 8.77. The van der Waals surface area contributed by atoms with Crippen molar-refractivity contribution in [3.8, 4) is 0 Å². The summed E-state index contributed by atoms with van der Waals surface area (Å²) in [6.07, 6.45) is 0.959. The van der Waals surface area contributed by atoms with Crippen LogP contribution in [-0.2, 0) is 27.3 Å².